The first-order valence-corrected chi connectivity index (χ1v) is 13.8. The number of anilines is 3. The third-order valence-corrected chi connectivity index (χ3v) is 7.81. The molecule has 1 aliphatic carbocycles. The topological polar surface area (TPSA) is 15.7 Å². The largest absolute Gasteiger partial charge is 0.497 e. The minimum atomic E-state index is 0.336. The number of allylic oxidation sites excluding steroid dienone is 4. The van der Waals surface area contributed by atoms with E-state index < -0.39 is 0 Å². The van der Waals surface area contributed by atoms with Gasteiger partial charge in [-0.05, 0) is 76.9 Å². The molecule has 198 valence electrons. The smallest absolute Gasteiger partial charge is 0.120 e. The zero-order valence-corrected chi connectivity index (χ0v) is 23.3. The van der Waals surface area contributed by atoms with Crippen LogP contribution >= 0.6 is 0 Å². The Kier molecular flexibility index (Phi) is 7.11. The molecule has 0 aliphatic heterocycles. The van der Waals surface area contributed by atoms with Crippen LogP contribution in [0.2, 0.25) is 0 Å². The molecule has 0 N–H and O–H groups in total. The van der Waals surface area contributed by atoms with E-state index in [0.717, 1.165) is 23.5 Å². The fourth-order valence-corrected chi connectivity index (χ4v) is 5.64. The molecule has 3 nitrogen and oxygen atoms in total. The molecule has 40 heavy (non-hydrogen) atoms. The molecule has 6 rings (SSSR count). The Morgan fingerprint density at radius 1 is 0.625 bits per heavy atom. The number of methoxy groups -OCH3 is 1. The first kappa shape index (κ1) is 25.5. The predicted octanol–water partition coefficient (Wildman–Crippen LogP) is 9.60. The SMILES string of the molecule is COc1cccc(N(C)C2=CC=C(N(c3ccc(-c4ccccc4)cc3)c3ccc4ccccc4c3)CC2C)c1. The molecule has 0 saturated carbocycles. The van der Waals surface area contributed by atoms with E-state index in [4.69, 9.17) is 4.74 Å². The first-order valence-electron chi connectivity index (χ1n) is 13.8. The van der Waals surface area contributed by atoms with Crippen LogP contribution in [-0.2, 0) is 0 Å². The molecule has 3 heteroatoms. The van der Waals surface area contributed by atoms with Gasteiger partial charge in [0.2, 0.25) is 0 Å². The van der Waals surface area contributed by atoms with Gasteiger partial charge in [-0.2, -0.15) is 0 Å². The van der Waals surface area contributed by atoms with Gasteiger partial charge in [0.05, 0.1) is 7.11 Å². The van der Waals surface area contributed by atoms with Crippen LogP contribution in [0.4, 0.5) is 17.1 Å². The van der Waals surface area contributed by atoms with E-state index in [2.05, 4.69) is 145 Å². The lowest BCUT2D eigenvalue weighted by atomic mass is 9.93. The normalized spacial score (nSPS) is 14.8. The van der Waals surface area contributed by atoms with Gasteiger partial charge in [0.25, 0.3) is 0 Å². The zero-order valence-electron chi connectivity index (χ0n) is 23.3. The van der Waals surface area contributed by atoms with Crippen LogP contribution in [0.5, 0.6) is 5.75 Å². The highest BCUT2D eigenvalue weighted by Gasteiger charge is 2.24. The van der Waals surface area contributed by atoms with Crippen LogP contribution in [0.25, 0.3) is 21.9 Å². The molecule has 0 aromatic heterocycles. The fraction of sp³-hybridized carbons (Fsp3) is 0.135. The number of benzene rings is 5. The molecule has 0 bridgehead atoms. The molecule has 0 saturated heterocycles. The van der Waals surface area contributed by atoms with E-state index in [1.54, 1.807) is 7.11 Å². The van der Waals surface area contributed by atoms with Gasteiger partial charge < -0.3 is 14.5 Å². The molecule has 0 heterocycles. The summed E-state index contributed by atoms with van der Waals surface area (Å²) >= 11 is 0. The van der Waals surface area contributed by atoms with Gasteiger partial charge in [0.15, 0.2) is 0 Å². The maximum atomic E-state index is 5.47. The standard InChI is InChI=1S/C37H34N2O/c1-27-24-34(22-23-37(27)38(2)33-14-9-15-36(26-33)40-3)39(35-21-18-29-12-7-8-13-31(29)25-35)32-19-16-30(17-20-32)28-10-5-4-6-11-28/h4-23,25-27H,24H2,1-3H3. The summed E-state index contributed by atoms with van der Waals surface area (Å²) < 4.78 is 5.47. The number of hydrogen-bond acceptors (Lipinski definition) is 3. The zero-order chi connectivity index (χ0) is 27.5. The Labute approximate surface area is 237 Å². The van der Waals surface area contributed by atoms with Crippen LogP contribution < -0.4 is 14.5 Å². The molecule has 0 fully saturated rings. The monoisotopic (exact) mass is 522 g/mol. The molecular formula is C37H34N2O. The second kappa shape index (κ2) is 11.2. The van der Waals surface area contributed by atoms with Crippen molar-refractivity contribution in [3.63, 3.8) is 0 Å². The quantitative estimate of drug-likeness (QED) is 0.212. The minimum Gasteiger partial charge on any atom is -0.497 e. The highest BCUT2D eigenvalue weighted by molar-refractivity contribution is 5.88. The van der Waals surface area contributed by atoms with Crippen molar-refractivity contribution in [1.82, 2.24) is 0 Å². The van der Waals surface area contributed by atoms with Gasteiger partial charge in [-0.15, -0.1) is 0 Å². The maximum absolute atomic E-state index is 5.47. The van der Waals surface area contributed by atoms with Crippen molar-refractivity contribution in [2.75, 3.05) is 24.0 Å². The molecule has 1 aliphatic rings. The van der Waals surface area contributed by atoms with Crippen LogP contribution in [-0.4, -0.2) is 14.2 Å². The van der Waals surface area contributed by atoms with Crippen molar-refractivity contribution in [3.05, 3.63) is 145 Å². The summed E-state index contributed by atoms with van der Waals surface area (Å²) in [6, 6.07) is 43.1. The van der Waals surface area contributed by atoms with E-state index in [1.807, 2.05) is 12.1 Å². The number of fused-ring (bicyclic) bond motifs is 1. The van der Waals surface area contributed by atoms with Gasteiger partial charge in [0.1, 0.15) is 5.75 Å². The Bertz CT molecular complexity index is 1690. The molecule has 0 spiro atoms. The van der Waals surface area contributed by atoms with Crippen molar-refractivity contribution < 1.29 is 4.74 Å². The minimum absolute atomic E-state index is 0.336. The molecule has 5 aromatic carbocycles. The highest BCUT2D eigenvalue weighted by Crippen LogP contribution is 2.39. The summed E-state index contributed by atoms with van der Waals surface area (Å²) in [5, 5.41) is 2.49. The third-order valence-electron chi connectivity index (χ3n) is 7.81. The Morgan fingerprint density at radius 3 is 2.08 bits per heavy atom. The van der Waals surface area contributed by atoms with Crippen molar-refractivity contribution in [2.45, 2.75) is 13.3 Å². The van der Waals surface area contributed by atoms with Crippen molar-refractivity contribution in [2.24, 2.45) is 5.92 Å². The summed E-state index contributed by atoms with van der Waals surface area (Å²) in [5.41, 5.74) is 8.46. The summed E-state index contributed by atoms with van der Waals surface area (Å²) in [5.74, 6) is 1.20. The molecule has 0 amide bonds. The van der Waals surface area contributed by atoms with Crippen molar-refractivity contribution in [1.29, 1.82) is 0 Å². The number of rotatable bonds is 7. The average molecular weight is 523 g/mol. The summed E-state index contributed by atoms with van der Waals surface area (Å²) in [6.45, 7) is 2.31. The van der Waals surface area contributed by atoms with Crippen LogP contribution in [0.15, 0.2) is 145 Å². The van der Waals surface area contributed by atoms with E-state index >= 15 is 0 Å². The van der Waals surface area contributed by atoms with Gasteiger partial charge in [-0.3, -0.25) is 0 Å². The highest BCUT2D eigenvalue weighted by atomic mass is 16.5. The molecule has 0 radical (unpaired) electrons. The van der Waals surface area contributed by atoms with E-state index in [-0.39, 0.29) is 0 Å². The average Bonchev–Trinajstić information content (AvgIpc) is 3.02. The van der Waals surface area contributed by atoms with Gasteiger partial charge >= 0.3 is 0 Å². The fourth-order valence-electron chi connectivity index (χ4n) is 5.64. The molecule has 1 unspecified atom stereocenters. The number of nitrogens with zero attached hydrogens (tertiary/aromatic N) is 2. The lowest BCUT2D eigenvalue weighted by Crippen LogP contribution is -2.27. The maximum Gasteiger partial charge on any atom is 0.120 e. The van der Waals surface area contributed by atoms with Crippen molar-refractivity contribution in [3.8, 4) is 16.9 Å². The Morgan fingerprint density at radius 2 is 1.32 bits per heavy atom. The number of hydrogen-bond donors (Lipinski definition) is 0. The summed E-state index contributed by atoms with van der Waals surface area (Å²) in [4.78, 5) is 4.69. The van der Waals surface area contributed by atoms with Crippen molar-refractivity contribution >= 4 is 27.8 Å². The Balaban J connectivity index is 1.40. The lowest BCUT2D eigenvalue weighted by molar-refractivity contribution is 0.415. The van der Waals surface area contributed by atoms with E-state index in [0.29, 0.717) is 5.92 Å². The van der Waals surface area contributed by atoms with E-state index in [9.17, 15) is 0 Å². The van der Waals surface area contributed by atoms with Gasteiger partial charge in [-0.1, -0.05) is 85.8 Å². The van der Waals surface area contributed by atoms with Gasteiger partial charge in [-0.25, -0.2) is 0 Å². The van der Waals surface area contributed by atoms with Crippen LogP contribution in [0.1, 0.15) is 13.3 Å². The van der Waals surface area contributed by atoms with E-state index in [1.165, 1.54) is 39.0 Å². The molecule has 1 atom stereocenters. The third kappa shape index (κ3) is 5.11. The summed E-state index contributed by atoms with van der Waals surface area (Å²) in [7, 11) is 3.85. The first-order chi connectivity index (χ1) is 19.6. The predicted molar refractivity (Wildman–Crippen MR) is 169 cm³/mol. The van der Waals surface area contributed by atoms with Gasteiger partial charge in [0, 0.05) is 47.5 Å². The molecular weight excluding hydrogens is 488 g/mol. The molecule has 5 aromatic rings. The van der Waals surface area contributed by atoms with Crippen LogP contribution in [0.3, 0.4) is 0 Å². The lowest BCUT2D eigenvalue weighted by Gasteiger charge is -2.35. The Hall–Kier alpha value is -4.76. The second-order valence-electron chi connectivity index (χ2n) is 10.4. The van der Waals surface area contributed by atoms with Crippen LogP contribution in [0, 0.1) is 5.92 Å². The summed E-state index contributed by atoms with van der Waals surface area (Å²) in [6.07, 6.45) is 5.48. The number of ether oxygens (including phenoxy) is 1. The second-order valence-corrected chi connectivity index (χ2v) is 10.4.